The summed E-state index contributed by atoms with van der Waals surface area (Å²) in [5.74, 6) is 0.453. The number of fused-ring (bicyclic) bond motifs is 2. The van der Waals surface area contributed by atoms with E-state index in [0.717, 1.165) is 49.0 Å². The summed E-state index contributed by atoms with van der Waals surface area (Å²) in [6.45, 7) is 2.87. The molecule has 0 aliphatic carbocycles. The molecule has 1 aromatic heterocycles. The molecule has 2 aliphatic heterocycles. The number of pyridine rings is 1. The van der Waals surface area contributed by atoms with Gasteiger partial charge in [0.05, 0.1) is 11.1 Å². The predicted octanol–water partition coefficient (Wildman–Crippen LogP) is 5.08. The van der Waals surface area contributed by atoms with Gasteiger partial charge < -0.3 is 4.74 Å². The van der Waals surface area contributed by atoms with Crippen molar-refractivity contribution in [3.8, 4) is 5.75 Å². The lowest BCUT2D eigenvalue weighted by atomic mass is 10.1. The number of nitrogens with zero attached hydrogens (tertiary/aromatic N) is 3. The maximum Gasteiger partial charge on any atom is 0.267 e. The standard InChI is InChI=1S/C29H25N3O3/c33-28-25-10-4-5-11-26(25)29(34)32(28)27-24-13-12-22(17-21(24)14-15-30-27)35-23-9-6-16-31(19-23)18-20-7-2-1-3-8-20/h1-5,7-8,10-15,17,23H,6,9,16,18-19H2/t23-/m0/s1. The van der Waals surface area contributed by atoms with Gasteiger partial charge in [-0.2, -0.15) is 0 Å². The quantitative estimate of drug-likeness (QED) is 0.386. The summed E-state index contributed by atoms with van der Waals surface area (Å²) in [6, 6.07) is 25.0. The van der Waals surface area contributed by atoms with E-state index in [0.29, 0.717) is 16.9 Å². The lowest BCUT2D eigenvalue weighted by Gasteiger charge is -2.33. The topological polar surface area (TPSA) is 62.7 Å². The van der Waals surface area contributed by atoms with Crippen LogP contribution in [0.15, 0.2) is 85.1 Å². The van der Waals surface area contributed by atoms with E-state index in [1.807, 2.05) is 30.3 Å². The van der Waals surface area contributed by atoms with Gasteiger partial charge in [-0.25, -0.2) is 9.88 Å². The molecule has 3 aromatic carbocycles. The van der Waals surface area contributed by atoms with Crippen LogP contribution >= 0.6 is 0 Å². The molecular weight excluding hydrogens is 438 g/mol. The molecule has 1 saturated heterocycles. The second-order valence-electron chi connectivity index (χ2n) is 9.11. The SMILES string of the molecule is O=C1c2ccccc2C(=O)N1c1nccc2cc(O[C@H]3CCCN(Cc4ccccc4)C3)ccc12. The van der Waals surface area contributed by atoms with Crippen LogP contribution in [0.1, 0.15) is 39.1 Å². The third kappa shape index (κ3) is 4.06. The number of imide groups is 1. The first kappa shape index (κ1) is 21.5. The minimum absolute atomic E-state index is 0.113. The molecule has 0 bridgehead atoms. The molecule has 35 heavy (non-hydrogen) atoms. The Morgan fingerprint density at radius 1 is 0.886 bits per heavy atom. The Morgan fingerprint density at radius 2 is 1.63 bits per heavy atom. The number of rotatable bonds is 5. The second kappa shape index (κ2) is 8.96. The lowest BCUT2D eigenvalue weighted by Crippen LogP contribution is -2.40. The minimum atomic E-state index is -0.341. The van der Waals surface area contributed by atoms with Crippen LogP contribution in [0.2, 0.25) is 0 Å². The van der Waals surface area contributed by atoms with Gasteiger partial charge in [0.2, 0.25) is 0 Å². The van der Waals surface area contributed by atoms with E-state index in [9.17, 15) is 9.59 Å². The fourth-order valence-corrected chi connectivity index (χ4v) is 5.06. The summed E-state index contributed by atoms with van der Waals surface area (Å²) in [4.78, 5) is 34.0. The lowest BCUT2D eigenvalue weighted by molar-refractivity contribution is 0.0844. The van der Waals surface area contributed by atoms with Crippen LogP contribution in [0.5, 0.6) is 5.75 Å². The molecule has 1 fully saturated rings. The fraction of sp³-hybridized carbons (Fsp3) is 0.207. The number of anilines is 1. The molecular formula is C29H25N3O3. The van der Waals surface area contributed by atoms with Crippen LogP contribution in [0.25, 0.3) is 10.8 Å². The van der Waals surface area contributed by atoms with Gasteiger partial charge in [-0.05, 0) is 66.7 Å². The Bertz CT molecular complexity index is 1380. The first-order chi connectivity index (χ1) is 17.2. The smallest absolute Gasteiger partial charge is 0.267 e. The Kier molecular flexibility index (Phi) is 5.51. The number of likely N-dealkylation sites (tertiary alicyclic amines) is 1. The third-order valence-corrected chi connectivity index (χ3v) is 6.73. The van der Waals surface area contributed by atoms with E-state index in [-0.39, 0.29) is 17.9 Å². The van der Waals surface area contributed by atoms with Crippen LogP contribution in [0.3, 0.4) is 0 Å². The number of hydrogen-bond donors (Lipinski definition) is 0. The summed E-state index contributed by atoms with van der Waals surface area (Å²) in [7, 11) is 0. The molecule has 6 rings (SSSR count). The molecule has 0 N–H and O–H groups in total. The number of carbonyl (C=O) groups excluding carboxylic acids is 2. The molecule has 2 aliphatic rings. The van der Waals surface area contributed by atoms with E-state index in [1.165, 1.54) is 10.5 Å². The highest BCUT2D eigenvalue weighted by Crippen LogP contribution is 2.33. The van der Waals surface area contributed by atoms with Crippen molar-refractivity contribution in [3.05, 3.63) is 102 Å². The normalized spacial score (nSPS) is 18.2. The van der Waals surface area contributed by atoms with Crippen molar-refractivity contribution in [3.63, 3.8) is 0 Å². The number of benzene rings is 3. The van der Waals surface area contributed by atoms with E-state index >= 15 is 0 Å². The maximum absolute atomic E-state index is 13.0. The molecule has 0 unspecified atom stereocenters. The summed E-state index contributed by atoms with van der Waals surface area (Å²) >= 11 is 0. The number of amides is 2. The number of carbonyl (C=O) groups is 2. The van der Waals surface area contributed by atoms with Gasteiger partial charge in [-0.1, -0.05) is 42.5 Å². The van der Waals surface area contributed by atoms with Crippen molar-refractivity contribution >= 4 is 28.4 Å². The maximum atomic E-state index is 13.0. The summed E-state index contributed by atoms with van der Waals surface area (Å²) < 4.78 is 6.38. The van der Waals surface area contributed by atoms with Gasteiger partial charge in [-0.15, -0.1) is 0 Å². The Balaban J connectivity index is 1.22. The van der Waals surface area contributed by atoms with Gasteiger partial charge in [-0.3, -0.25) is 14.5 Å². The largest absolute Gasteiger partial charge is 0.489 e. The van der Waals surface area contributed by atoms with E-state index in [4.69, 9.17) is 4.74 Å². The van der Waals surface area contributed by atoms with E-state index < -0.39 is 0 Å². The first-order valence-electron chi connectivity index (χ1n) is 12.0. The predicted molar refractivity (Wildman–Crippen MR) is 135 cm³/mol. The number of aromatic nitrogens is 1. The third-order valence-electron chi connectivity index (χ3n) is 6.73. The van der Waals surface area contributed by atoms with Crippen LogP contribution in [-0.4, -0.2) is 40.9 Å². The Morgan fingerprint density at radius 3 is 2.40 bits per heavy atom. The van der Waals surface area contributed by atoms with Gasteiger partial charge >= 0.3 is 0 Å². The molecule has 4 aromatic rings. The van der Waals surface area contributed by atoms with Crippen LogP contribution in [-0.2, 0) is 6.54 Å². The van der Waals surface area contributed by atoms with Crippen molar-refractivity contribution < 1.29 is 14.3 Å². The molecule has 0 saturated carbocycles. The monoisotopic (exact) mass is 463 g/mol. The zero-order valence-corrected chi connectivity index (χ0v) is 19.3. The molecule has 2 amide bonds. The van der Waals surface area contributed by atoms with Crippen molar-refractivity contribution in [2.24, 2.45) is 0 Å². The first-order valence-corrected chi connectivity index (χ1v) is 12.0. The Labute approximate surface area is 203 Å². The van der Waals surface area contributed by atoms with Crippen molar-refractivity contribution in [2.75, 3.05) is 18.0 Å². The molecule has 3 heterocycles. The summed E-state index contributed by atoms with van der Waals surface area (Å²) in [5.41, 5.74) is 2.13. The average Bonchev–Trinajstić information content (AvgIpc) is 3.14. The van der Waals surface area contributed by atoms with Crippen LogP contribution < -0.4 is 9.64 Å². The number of ether oxygens (including phenoxy) is 1. The summed E-state index contributed by atoms with van der Waals surface area (Å²) in [6.07, 6.45) is 3.86. The zero-order valence-electron chi connectivity index (χ0n) is 19.3. The molecule has 174 valence electrons. The van der Waals surface area contributed by atoms with E-state index in [1.54, 1.807) is 30.5 Å². The highest BCUT2D eigenvalue weighted by atomic mass is 16.5. The van der Waals surface area contributed by atoms with E-state index in [2.05, 4.69) is 34.1 Å². The minimum Gasteiger partial charge on any atom is -0.489 e. The summed E-state index contributed by atoms with van der Waals surface area (Å²) in [5, 5.41) is 1.62. The van der Waals surface area contributed by atoms with Gasteiger partial charge in [0, 0.05) is 24.7 Å². The van der Waals surface area contributed by atoms with Crippen molar-refractivity contribution in [2.45, 2.75) is 25.5 Å². The number of hydrogen-bond acceptors (Lipinski definition) is 5. The molecule has 1 atom stereocenters. The molecule has 0 radical (unpaired) electrons. The fourth-order valence-electron chi connectivity index (χ4n) is 5.06. The highest BCUT2D eigenvalue weighted by molar-refractivity contribution is 6.35. The van der Waals surface area contributed by atoms with Gasteiger partial charge in [0.25, 0.3) is 11.8 Å². The second-order valence-corrected chi connectivity index (χ2v) is 9.11. The van der Waals surface area contributed by atoms with Gasteiger partial charge in [0.1, 0.15) is 11.9 Å². The van der Waals surface area contributed by atoms with Crippen LogP contribution in [0, 0.1) is 0 Å². The van der Waals surface area contributed by atoms with Crippen molar-refractivity contribution in [1.29, 1.82) is 0 Å². The van der Waals surface area contributed by atoms with Crippen molar-refractivity contribution in [1.82, 2.24) is 9.88 Å². The highest BCUT2D eigenvalue weighted by Gasteiger charge is 2.37. The zero-order chi connectivity index (χ0) is 23.8. The number of piperidine rings is 1. The van der Waals surface area contributed by atoms with Crippen LogP contribution in [0.4, 0.5) is 5.82 Å². The molecule has 6 heteroatoms. The molecule has 0 spiro atoms. The average molecular weight is 464 g/mol. The molecule has 6 nitrogen and oxygen atoms in total. The van der Waals surface area contributed by atoms with Gasteiger partial charge in [0.15, 0.2) is 5.82 Å². The Hall–Kier alpha value is -4.03.